The Labute approximate surface area is 157 Å². The number of hydrogen-bond acceptors (Lipinski definition) is 4. The van der Waals surface area contributed by atoms with Crippen molar-refractivity contribution in [2.75, 3.05) is 5.32 Å². The van der Waals surface area contributed by atoms with Crippen LogP contribution in [-0.4, -0.2) is 9.97 Å². The van der Waals surface area contributed by atoms with Crippen molar-refractivity contribution in [1.82, 2.24) is 9.97 Å². The molecule has 4 nitrogen and oxygen atoms in total. The molecule has 9 heteroatoms. The third-order valence-corrected chi connectivity index (χ3v) is 3.78. The van der Waals surface area contributed by atoms with Crippen molar-refractivity contribution in [3.8, 4) is 6.01 Å². The summed E-state index contributed by atoms with van der Waals surface area (Å²) in [6.07, 6.45) is -3.53. The highest BCUT2D eigenvalue weighted by Crippen LogP contribution is 2.29. The van der Waals surface area contributed by atoms with Crippen LogP contribution < -0.4 is 10.1 Å². The van der Waals surface area contributed by atoms with Crippen molar-refractivity contribution in [3.63, 3.8) is 0 Å². The van der Waals surface area contributed by atoms with E-state index in [-0.39, 0.29) is 25.0 Å². The molecular formula is C19H14F5N3O. The number of ether oxygens (including phenoxy) is 1. The fourth-order valence-corrected chi connectivity index (χ4v) is 2.30. The average Bonchev–Trinajstić information content (AvgIpc) is 2.67. The molecule has 3 rings (SSSR count). The molecule has 0 atom stereocenters. The van der Waals surface area contributed by atoms with Crippen LogP contribution in [0.1, 0.15) is 16.7 Å². The summed E-state index contributed by atoms with van der Waals surface area (Å²) in [5.41, 5.74) is 0.0171. The SMILES string of the molecule is Fc1ccccc1CNc1nc(OCc2ccc(C(F)(F)F)cc2)ncc1F. The summed E-state index contributed by atoms with van der Waals surface area (Å²) in [6.45, 7) is -0.102. The molecule has 146 valence electrons. The second kappa shape index (κ2) is 8.20. The summed E-state index contributed by atoms with van der Waals surface area (Å²) in [5.74, 6) is -1.37. The molecule has 28 heavy (non-hydrogen) atoms. The predicted octanol–water partition coefficient (Wildman–Crippen LogP) is 4.96. The minimum absolute atomic E-state index is 0.00104. The van der Waals surface area contributed by atoms with Gasteiger partial charge in [0, 0.05) is 12.1 Å². The van der Waals surface area contributed by atoms with Crippen LogP contribution in [0.2, 0.25) is 0 Å². The van der Waals surface area contributed by atoms with Crippen LogP contribution in [0, 0.1) is 11.6 Å². The van der Waals surface area contributed by atoms with Crippen LogP contribution in [0.3, 0.4) is 0 Å². The van der Waals surface area contributed by atoms with Gasteiger partial charge in [-0.1, -0.05) is 30.3 Å². The van der Waals surface area contributed by atoms with E-state index in [1.165, 1.54) is 24.3 Å². The molecule has 1 N–H and O–H groups in total. The van der Waals surface area contributed by atoms with E-state index in [0.717, 1.165) is 18.3 Å². The molecule has 1 heterocycles. The molecule has 0 amide bonds. The van der Waals surface area contributed by atoms with Crippen LogP contribution in [0.5, 0.6) is 6.01 Å². The number of nitrogens with one attached hydrogen (secondary N) is 1. The summed E-state index contributed by atoms with van der Waals surface area (Å²) in [6, 6.07) is 10.3. The molecule has 0 fully saturated rings. The molecule has 0 saturated carbocycles. The van der Waals surface area contributed by atoms with E-state index in [2.05, 4.69) is 15.3 Å². The van der Waals surface area contributed by atoms with Crippen molar-refractivity contribution in [2.24, 2.45) is 0 Å². The zero-order valence-electron chi connectivity index (χ0n) is 14.3. The minimum atomic E-state index is -4.42. The topological polar surface area (TPSA) is 47.0 Å². The fraction of sp³-hybridized carbons (Fsp3) is 0.158. The quantitative estimate of drug-likeness (QED) is 0.599. The van der Waals surface area contributed by atoms with Gasteiger partial charge in [-0.05, 0) is 23.8 Å². The highest BCUT2D eigenvalue weighted by molar-refractivity contribution is 5.37. The maximum absolute atomic E-state index is 13.8. The number of alkyl halides is 3. The number of rotatable bonds is 6. The van der Waals surface area contributed by atoms with Crippen LogP contribution >= 0.6 is 0 Å². The monoisotopic (exact) mass is 395 g/mol. The highest BCUT2D eigenvalue weighted by Gasteiger charge is 2.29. The van der Waals surface area contributed by atoms with Gasteiger partial charge in [0.15, 0.2) is 11.6 Å². The Morgan fingerprint density at radius 2 is 1.64 bits per heavy atom. The van der Waals surface area contributed by atoms with E-state index in [1.54, 1.807) is 12.1 Å². The van der Waals surface area contributed by atoms with Gasteiger partial charge in [0.25, 0.3) is 0 Å². The van der Waals surface area contributed by atoms with Gasteiger partial charge in [0.2, 0.25) is 0 Å². The molecule has 2 aromatic carbocycles. The Morgan fingerprint density at radius 3 is 2.32 bits per heavy atom. The first-order chi connectivity index (χ1) is 13.3. The lowest BCUT2D eigenvalue weighted by atomic mass is 10.1. The van der Waals surface area contributed by atoms with Gasteiger partial charge in [-0.2, -0.15) is 18.2 Å². The Hall–Kier alpha value is -3.23. The van der Waals surface area contributed by atoms with Gasteiger partial charge < -0.3 is 10.1 Å². The summed E-state index contributed by atoms with van der Waals surface area (Å²) in [4.78, 5) is 7.55. The molecule has 0 bridgehead atoms. The normalized spacial score (nSPS) is 11.3. The van der Waals surface area contributed by atoms with E-state index in [1.807, 2.05) is 0 Å². The molecule has 3 aromatic rings. The first kappa shape index (κ1) is 19.5. The van der Waals surface area contributed by atoms with Gasteiger partial charge in [-0.25, -0.2) is 13.8 Å². The Balaban J connectivity index is 1.63. The number of anilines is 1. The zero-order chi connectivity index (χ0) is 20.1. The van der Waals surface area contributed by atoms with Gasteiger partial charge >= 0.3 is 12.2 Å². The van der Waals surface area contributed by atoms with E-state index >= 15 is 0 Å². The molecule has 0 aliphatic carbocycles. The summed E-state index contributed by atoms with van der Waals surface area (Å²) in [7, 11) is 0. The van der Waals surface area contributed by atoms with E-state index in [4.69, 9.17) is 4.74 Å². The van der Waals surface area contributed by atoms with Crippen LogP contribution in [0.15, 0.2) is 54.7 Å². The predicted molar refractivity (Wildman–Crippen MR) is 91.5 cm³/mol. The second-order valence-corrected chi connectivity index (χ2v) is 5.78. The number of nitrogens with zero attached hydrogens (tertiary/aromatic N) is 2. The number of halogens is 5. The second-order valence-electron chi connectivity index (χ2n) is 5.78. The van der Waals surface area contributed by atoms with Crippen molar-refractivity contribution in [2.45, 2.75) is 19.3 Å². The average molecular weight is 395 g/mol. The summed E-state index contributed by atoms with van der Waals surface area (Å²) < 4.78 is 70.4. The van der Waals surface area contributed by atoms with E-state index < -0.39 is 23.4 Å². The maximum atomic E-state index is 13.8. The van der Waals surface area contributed by atoms with Gasteiger partial charge in [0.1, 0.15) is 12.4 Å². The highest BCUT2D eigenvalue weighted by atomic mass is 19.4. The summed E-state index contributed by atoms with van der Waals surface area (Å²) >= 11 is 0. The van der Waals surface area contributed by atoms with E-state index in [0.29, 0.717) is 11.1 Å². The van der Waals surface area contributed by atoms with Gasteiger partial charge in [-0.3, -0.25) is 0 Å². The summed E-state index contributed by atoms with van der Waals surface area (Å²) in [5, 5.41) is 2.66. The Kier molecular flexibility index (Phi) is 5.72. The lowest BCUT2D eigenvalue weighted by molar-refractivity contribution is -0.137. The Morgan fingerprint density at radius 1 is 0.929 bits per heavy atom. The zero-order valence-corrected chi connectivity index (χ0v) is 14.3. The molecule has 0 saturated heterocycles. The maximum Gasteiger partial charge on any atom is 0.416 e. The Bertz CT molecular complexity index is 945. The van der Waals surface area contributed by atoms with Gasteiger partial charge in [0.05, 0.1) is 11.8 Å². The lowest BCUT2D eigenvalue weighted by Crippen LogP contribution is -2.08. The number of benzene rings is 2. The van der Waals surface area contributed by atoms with E-state index in [9.17, 15) is 22.0 Å². The van der Waals surface area contributed by atoms with Crippen molar-refractivity contribution in [3.05, 3.63) is 83.1 Å². The fourth-order valence-electron chi connectivity index (χ4n) is 2.30. The molecule has 0 unspecified atom stereocenters. The number of aromatic nitrogens is 2. The largest absolute Gasteiger partial charge is 0.459 e. The first-order valence-corrected chi connectivity index (χ1v) is 8.11. The van der Waals surface area contributed by atoms with Crippen molar-refractivity contribution in [1.29, 1.82) is 0 Å². The lowest BCUT2D eigenvalue weighted by Gasteiger charge is -2.10. The van der Waals surface area contributed by atoms with Crippen LogP contribution in [0.25, 0.3) is 0 Å². The van der Waals surface area contributed by atoms with Crippen molar-refractivity contribution < 1.29 is 26.7 Å². The third kappa shape index (κ3) is 4.93. The molecule has 0 aliphatic heterocycles. The first-order valence-electron chi connectivity index (χ1n) is 8.11. The molecule has 0 radical (unpaired) electrons. The van der Waals surface area contributed by atoms with Gasteiger partial charge in [-0.15, -0.1) is 0 Å². The molecular weight excluding hydrogens is 381 g/mol. The standard InChI is InChI=1S/C19H14F5N3O/c20-15-4-2-1-3-13(15)9-25-17-16(21)10-26-18(27-17)28-11-12-5-7-14(8-6-12)19(22,23)24/h1-8,10H,9,11H2,(H,25,26,27). The van der Waals surface area contributed by atoms with Crippen molar-refractivity contribution >= 4 is 5.82 Å². The van der Waals surface area contributed by atoms with Crippen LogP contribution in [0.4, 0.5) is 27.8 Å². The minimum Gasteiger partial charge on any atom is -0.459 e. The third-order valence-electron chi connectivity index (χ3n) is 3.78. The molecule has 1 aromatic heterocycles. The molecule has 0 aliphatic rings. The number of hydrogen-bond donors (Lipinski definition) is 1. The molecule has 0 spiro atoms. The van der Waals surface area contributed by atoms with Crippen LogP contribution in [-0.2, 0) is 19.3 Å². The smallest absolute Gasteiger partial charge is 0.416 e.